The number of ether oxygens (including phenoxy) is 1. The largest absolute Gasteiger partial charge is 0.493 e. The molecule has 1 fully saturated rings. The van der Waals surface area contributed by atoms with E-state index in [1.807, 2.05) is 38.4 Å². The number of hydrogen-bond acceptors (Lipinski definition) is 7. The Balaban J connectivity index is 0.000000863. The zero-order valence-electron chi connectivity index (χ0n) is 29.8. The summed E-state index contributed by atoms with van der Waals surface area (Å²) >= 11 is 0. The number of aryl methyl sites for hydroxylation is 2. The van der Waals surface area contributed by atoms with Crippen LogP contribution in [0.15, 0.2) is 48.5 Å². The maximum absolute atomic E-state index is 11.9. The Labute approximate surface area is 282 Å². The molecule has 1 saturated heterocycles. The maximum Gasteiger partial charge on any atom is 0.307 e. The van der Waals surface area contributed by atoms with Crippen molar-refractivity contribution in [2.24, 2.45) is 5.41 Å². The molecule has 1 aromatic heterocycles. The third-order valence-electron chi connectivity index (χ3n) is 7.54. The highest BCUT2D eigenvalue weighted by Crippen LogP contribution is 2.42. The third-order valence-corrected chi connectivity index (χ3v) is 7.54. The summed E-state index contributed by atoms with van der Waals surface area (Å²) in [6.07, 6.45) is 8.30. The number of aliphatic hydroxyl groups is 1. The normalized spacial score (nSPS) is 13.7. The SMILES string of the molecule is C#CC(=N)c1nc(C)c(CC(=O)O)c(N2CCC(C)(C)CC2)c1-c1ccc(OCCc2ccc(C)cc2)cc1.CC(C)(C)O.CNC. The van der Waals surface area contributed by atoms with Crippen molar-refractivity contribution >= 4 is 17.4 Å². The monoisotopic (exact) mass is 642 g/mol. The molecule has 0 radical (unpaired) electrons. The summed E-state index contributed by atoms with van der Waals surface area (Å²) < 4.78 is 6.02. The van der Waals surface area contributed by atoms with Crippen LogP contribution in [0, 0.1) is 37.0 Å². The standard InChI is InChI=1S/C33H37N3O3.C4H10O.C2H7N/c1-6-28(34)31-30(25-11-13-26(14-12-25)39-20-15-24-9-7-22(2)8-10-24)32(27(21-29(37)38)23(3)35-31)36-18-16-33(4,5)17-19-36;1-4(2,3)5;1-3-2/h1,7-14,34H,15-21H2,2-5H3,(H,37,38);5H,1-3H3;3H,1-2H3. The predicted octanol–water partition coefficient (Wildman–Crippen LogP) is 6.85. The number of pyridine rings is 1. The number of carboxylic acids is 1. The highest BCUT2D eigenvalue weighted by atomic mass is 16.5. The number of piperidine rings is 1. The smallest absolute Gasteiger partial charge is 0.307 e. The summed E-state index contributed by atoms with van der Waals surface area (Å²) in [4.78, 5) is 18.8. The summed E-state index contributed by atoms with van der Waals surface area (Å²) in [6, 6.07) is 16.2. The molecule has 254 valence electrons. The summed E-state index contributed by atoms with van der Waals surface area (Å²) in [6.45, 7) is 15.8. The Morgan fingerprint density at radius 1 is 1.06 bits per heavy atom. The molecule has 0 bridgehead atoms. The van der Waals surface area contributed by atoms with E-state index >= 15 is 0 Å². The predicted molar refractivity (Wildman–Crippen MR) is 194 cm³/mol. The lowest BCUT2D eigenvalue weighted by Crippen LogP contribution is -2.38. The fraction of sp³-hybridized carbons (Fsp3) is 0.462. The molecular formula is C39H54N4O4. The Hall–Kier alpha value is -4.19. The van der Waals surface area contributed by atoms with Crippen molar-refractivity contribution in [3.8, 4) is 29.2 Å². The van der Waals surface area contributed by atoms with Crippen LogP contribution in [0.5, 0.6) is 5.75 Å². The Bertz CT molecular complexity index is 1500. The minimum atomic E-state index is -0.915. The number of nitrogens with one attached hydrogen (secondary N) is 2. The number of carboxylic acid groups (broad SMARTS) is 1. The first-order chi connectivity index (χ1) is 22.0. The van der Waals surface area contributed by atoms with E-state index in [-0.39, 0.29) is 17.5 Å². The average Bonchev–Trinajstić information content (AvgIpc) is 2.98. The second-order valence-corrected chi connectivity index (χ2v) is 13.8. The van der Waals surface area contributed by atoms with Crippen LogP contribution in [-0.2, 0) is 17.6 Å². The van der Waals surface area contributed by atoms with E-state index in [9.17, 15) is 9.90 Å². The molecule has 0 unspecified atom stereocenters. The van der Waals surface area contributed by atoms with Crippen LogP contribution in [0.4, 0.5) is 5.69 Å². The highest BCUT2D eigenvalue weighted by Gasteiger charge is 2.31. The van der Waals surface area contributed by atoms with E-state index in [4.69, 9.17) is 21.7 Å². The summed E-state index contributed by atoms with van der Waals surface area (Å²) in [5, 5.41) is 29.6. The quantitative estimate of drug-likeness (QED) is 0.149. The van der Waals surface area contributed by atoms with E-state index in [2.05, 4.69) is 66.2 Å². The van der Waals surface area contributed by atoms with E-state index in [1.165, 1.54) is 11.1 Å². The molecule has 0 atom stereocenters. The van der Waals surface area contributed by atoms with Gasteiger partial charge in [0.2, 0.25) is 0 Å². The molecule has 2 aromatic carbocycles. The van der Waals surface area contributed by atoms with Gasteiger partial charge in [0.25, 0.3) is 0 Å². The molecule has 0 aliphatic carbocycles. The lowest BCUT2D eigenvalue weighted by molar-refractivity contribution is -0.136. The van der Waals surface area contributed by atoms with Gasteiger partial charge in [-0.15, -0.1) is 6.42 Å². The van der Waals surface area contributed by atoms with Gasteiger partial charge >= 0.3 is 5.97 Å². The number of carbonyl (C=O) groups is 1. The van der Waals surface area contributed by atoms with Crippen LogP contribution in [0.25, 0.3) is 11.1 Å². The molecule has 47 heavy (non-hydrogen) atoms. The molecule has 1 aliphatic rings. The number of aromatic nitrogens is 1. The Morgan fingerprint density at radius 2 is 1.60 bits per heavy atom. The van der Waals surface area contributed by atoms with Gasteiger partial charge < -0.3 is 25.2 Å². The van der Waals surface area contributed by atoms with Gasteiger partial charge in [-0.25, -0.2) is 4.98 Å². The summed E-state index contributed by atoms with van der Waals surface area (Å²) in [7, 11) is 3.75. The second-order valence-electron chi connectivity index (χ2n) is 13.8. The molecular weight excluding hydrogens is 588 g/mol. The zero-order chi connectivity index (χ0) is 35.4. The molecule has 8 heteroatoms. The number of rotatable bonds is 9. The average molecular weight is 643 g/mol. The van der Waals surface area contributed by atoms with Crippen molar-refractivity contribution in [3.05, 3.63) is 76.6 Å². The molecule has 3 aromatic rings. The minimum Gasteiger partial charge on any atom is -0.493 e. The lowest BCUT2D eigenvalue weighted by atomic mass is 9.82. The molecule has 0 amide bonds. The highest BCUT2D eigenvalue weighted by molar-refractivity contribution is 6.15. The van der Waals surface area contributed by atoms with Crippen LogP contribution >= 0.6 is 0 Å². The van der Waals surface area contributed by atoms with E-state index in [0.29, 0.717) is 29.1 Å². The molecule has 1 aliphatic heterocycles. The molecule has 2 heterocycles. The van der Waals surface area contributed by atoms with Gasteiger partial charge in [-0.1, -0.05) is 55.8 Å². The van der Waals surface area contributed by atoms with Crippen molar-refractivity contribution < 1.29 is 19.7 Å². The topological polar surface area (TPSA) is 119 Å². The van der Waals surface area contributed by atoms with Crippen molar-refractivity contribution in [2.75, 3.05) is 38.7 Å². The van der Waals surface area contributed by atoms with Crippen LogP contribution in [-0.4, -0.2) is 66.3 Å². The Morgan fingerprint density at radius 3 is 2.09 bits per heavy atom. The second kappa shape index (κ2) is 17.7. The van der Waals surface area contributed by atoms with Gasteiger partial charge in [0.1, 0.15) is 17.2 Å². The molecule has 0 spiro atoms. The fourth-order valence-corrected chi connectivity index (χ4v) is 5.05. The van der Waals surface area contributed by atoms with Crippen LogP contribution in [0.2, 0.25) is 0 Å². The number of nitrogens with zero attached hydrogens (tertiary/aromatic N) is 2. The van der Waals surface area contributed by atoms with Crippen molar-refractivity contribution in [2.45, 2.75) is 79.8 Å². The first-order valence-electron chi connectivity index (χ1n) is 16.1. The van der Waals surface area contributed by atoms with Gasteiger partial charge in [0.15, 0.2) is 0 Å². The van der Waals surface area contributed by atoms with E-state index < -0.39 is 11.6 Å². The zero-order valence-corrected chi connectivity index (χ0v) is 29.8. The van der Waals surface area contributed by atoms with Gasteiger partial charge in [0.05, 0.1) is 24.3 Å². The fourth-order valence-electron chi connectivity index (χ4n) is 5.05. The van der Waals surface area contributed by atoms with E-state index in [1.54, 1.807) is 27.7 Å². The van der Waals surface area contributed by atoms with Crippen LogP contribution in [0.3, 0.4) is 0 Å². The van der Waals surface area contributed by atoms with Crippen molar-refractivity contribution in [1.29, 1.82) is 5.41 Å². The molecule has 4 N–H and O–H groups in total. The van der Waals surface area contributed by atoms with Crippen LogP contribution in [0.1, 0.15) is 75.5 Å². The number of aliphatic carboxylic acids is 1. The number of terminal acetylenes is 1. The van der Waals surface area contributed by atoms with Gasteiger partial charge in [-0.3, -0.25) is 10.2 Å². The molecule has 0 saturated carbocycles. The third kappa shape index (κ3) is 12.8. The van der Waals surface area contributed by atoms with Gasteiger partial charge in [0, 0.05) is 36.3 Å². The molecule has 8 nitrogen and oxygen atoms in total. The minimum absolute atomic E-state index is 0.0213. The van der Waals surface area contributed by atoms with Gasteiger partial charge in [-0.05, 0) is 96.2 Å². The number of anilines is 1. The number of benzene rings is 2. The van der Waals surface area contributed by atoms with E-state index in [0.717, 1.165) is 49.4 Å². The van der Waals surface area contributed by atoms with Gasteiger partial charge in [-0.2, -0.15) is 0 Å². The van der Waals surface area contributed by atoms with Crippen molar-refractivity contribution in [3.63, 3.8) is 0 Å². The first-order valence-corrected chi connectivity index (χ1v) is 16.1. The maximum atomic E-state index is 11.9. The lowest BCUT2D eigenvalue weighted by Gasteiger charge is -2.40. The summed E-state index contributed by atoms with van der Waals surface area (Å²) in [5.41, 5.74) is 6.18. The molecule has 4 rings (SSSR count). The summed E-state index contributed by atoms with van der Waals surface area (Å²) in [5.74, 6) is 2.27. The Kier molecular flexibility index (Phi) is 14.6. The van der Waals surface area contributed by atoms with Crippen LogP contribution < -0.4 is 15.0 Å². The van der Waals surface area contributed by atoms with Crippen molar-refractivity contribution in [1.82, 2.24) is 10.3 Å². The number of hydrogen-bond donors (Lipinski definition) is 4. The first kappa shape index (κ1) is 39.0.